The zero-order chi connectivity index (χ0) is 70.3. The smallest absolute Gasteiger partial charge is 0.268 e. The van der Waals surface area contributed by atoms with Crippen LogP contribution in [-0.2, 0) is 30.9 Å². The standard InChI is InChI=1S/C21H19FN6OS.C17H13FN6O.2C16H12FN7/c22-17-4-2-1-3-15(17)14-28-20(21-24-7-12-30-21)25-19(26-28)18-13-16(5-6-23-18)27-8-10-29-11-9-27;18-13-4-2-1-3-11(13)8-24-17(15-9-25-10-21-15)22-16(23-24)14-7-12(19)5-6-20-14;17-13-6-2-1-5-12(13)11-24-16(23-10-9-19-22-23)20-15(21-24)14-7-3-4-8-18-14;17-13-6-2-1-5-12(13)11-23-16(24-19-9-10-20-24)21-15(22-23)14-7-3-4-8-18-14/h1-7,12-13H,8-11,14H2;1-7,9-10H,8H2,(H2,19,20);2*1-10H,11H2. The number of hydrogen-bond donors (Lipinski definition) is 1. The van der Waals surface area contributed by atoms with Gasteiger partial charge in [0.1, 0.15) is 58.0 Å². The van der Waals surface area contributed by atoms with E-state index in [1.807, 2.05) is 60.0 Å². The third-order valence-corrected chi connectivity index (χ3v) is 16.2. The number of rotatable bonds is 17. The van der Waals surface area contributed by atoms with Crippen molar-refractivity contribution in [2.45, 2.75) is 26.2 Å². The van der Waals surface area contributed by atoms with Crippen molar-refractivity contribution >= 4 is 22.7 Å². The molecule has 13 heterocycles. The quantitative estimate of drug-likeness (QED) is 0.0828. The highest BCUT2D eigenvalue weighted by Gasteiger charge is 2.23. The highest BCUT2D eigenvalue weighted by atomic mass is 32.1. The van der Waals surface area contributed by atoms with Crippen LogP contribution in [0.2, 0.25) is 0 Å². The number of pyridine rings is 4. The van der Waals surface area contributed by atoms with Gasteiger partial charge in [-0.15, -0.1) is 41.6 Å². The van der Waals surface area contributed by atoms with Gasteiger partial charge in [0, 0.05) is 83.1 Å². The molecule has 512 valence electrons. The average molecular weight is 1400 g/mol. The zero-order valence-electron chi connectivity index (χ0n) is 54.1. The molecular weight excluding hydrogens is 1350 g/mol. The van der Waals surface area contributed by atoms with Crippen LogP contribution in [0.25, 0.3) is 80.3 Å². The number of nitrogen functional groups attached to an aromatic ring is 1. The average Bonchev–Trinajstić information content (AvgIpc) is 1.67. The second-order valence-corrected chi connectivity index (χ2v) is 23.2. The van der Waals surface area contributed by atoms with E-state index in [4.69, 9.17) is 19.9 Å². The Bertz CT molecular complexity index is 5220. The summed E-state index contributed by atoms with van der Waals surface area (Å²) >= 11 is 1.47. The van der Waals surface area contributed by atoms with Crippen molar-refractivity contribution in [2.75, 3.05) is 36.9 Å². The number of oxazole rings is 1. The summed E-state index contributed by atoms with van der Waals surface area (Å²) in [6, 6.07) is 44.6. The molecule has 0 atom stereocenters. The summed E-state index contributed by atoms with van der Waals surface area (Å²) < 4.78 is 74.5. The number of halogens is 4. The minimum absolute atomic E-state index is 0.199. The predicted molar refractivity (Wildman–Crippen MR) is 369 cm³/mol. The van der Waals surface area contributed by atoms with E-state index >= 15 is 0 Å². The first kappa shape index (κ1) is 66.7. The molecule has 0 spiro atoms. The van der Waals surface area contributed by atoms with Crippen molar-refractivity contribution in [3.8, 4) is 80.3 Å². The molecule has 103 heavy (non-hydrogen) atoms. The number of anilines is 2. The number of hydrogen-bond acceptors (Lipinski definition) is 23. The molecular formula is C70H56F4N26O2S. The Hall–Kier alpha value is -13.6. The zero-order valence-corrected chi connectivity index (χ0v) is 54.9. The largest absolute Gasteiger partial charge is 0.451 e. The van der Waals surface area contributed by atoms with Crippen LogP contribution in [0.3, 0.4) is 0 Å². The lowest BCUT2D eigenvalue weighted by Gasteiger charge is -2.28. The molecule has 0 bridgehead atoms. The van der Waals surface area contributed by atoms with Crippen molar-refractivity contribution < 1.29 is 26.7 Å². The summed E-state index contributed by atoms with van der Waals surface area (Å²) in [4.78, 5) is 47.4. The molecule has 17 rings (SSSR count). The fourth-order valence-electron chi connectivity index (χ4n) is 10.4. The molecule has 1 aliphatic heterocycles. The minimum Gasteiger partial charge on any atom is -0.451 e. The molecule has 1 aliphatic rings. The van der Waals surface area contributed by atoms with E-state index in [1.54, 1.807) is 153 Å². The van der Waals surface area contributed by atoms with Gasteiger partial charge in [-0.1, -0.05) is 90.1 Å². The summed E-state index contributed by atoms with van der Waals surface area (Å²) in [6.45, 7) is 3.99. The molecule has 1 fully saturated rings. The third kappa shape index (κ3) is 16.1. The Morgan fingerprint density at radius 3 is 1.45 bits per heavy atom. The lowest BCUT2D eigenvalue weighted by molar-refractivity contribution is 0.122. The molecule has 33 heteroatoms. The van der Waals surface area contributed by atoms with Gasteiger partial charge >= 0.3 is 0 Å². The summed E-state index contributed by atoms with van der Waals surface area (Å²) in [5.41, 5.74) is 12.4. The number of thiazole rings is 1. The van der Waals surface area contributed by atoms with E-state index in [1.165, 1.54) is 57.7 Å². The van der Waals surface area contributed by atoms with Crippen LogP contribution in [0, 0.1) is 23.3 Å². The van der Waals surface area contributed by atoms with Gasteiger partial charge in [0.25, 0.3) is 11.9 Å². The van der Waals surface area contributed by atoms with Crippen LogP contribution < -0.4 is 10.6 Å². The van der Waals surface area contributed by atoms with Crippen molar-refractivity contribution in [3.05, 3.63) is 277 Å². The fraction of sp³-hybridized carbons (Fsp3) is 0.114. The SMILES string of the molecule is Fc1ccccc1Cn1nc(-c2cc(N3CCOCC3)ccn2)nc1-c1nccs1.Fc1ccccc1Cn1nc(-c2ccccn2)nc1-n1ccnn1.Fc1ccccc1Cn1nc(-c2ccccn2)nc1-n1nccn1.Nc1ccnc(-c2nc(-c3cocn3)n(Cc3ccccc3F)n2)c1. The molecule has 0 radical (unpaired) electrons. The van der Waals surface area contributed by atoms with Gasteiger partial charge < -0.3 is 19.8 Å². The number of morpholine rings is 1. The van der Waals surface area contributed by atoms with Gasteiger partial charge in [-0.25, -0.2) is 56.2 Å². The van der Waals surface area contributed by atoms with Gasteiger partial charge in [-0.05, 0) is 72.8 Å². The molecule has 4 aromatic carbocycles. The van der Waals surface area contributed by atoms with Gasteiger partial charge in [-0.2, -0.15) is 24.8 Å². The fourth-order valence-corrected chi connectivity index (χ4v) is 11.1. The second kappa shape index (κ2) is 31.5. The predicted octanol–water partition coefficient (Wildman–Crippen LogP) is 10.5. The van der Waals surface area contributed by atoms with E-state index in [2.05, 4.69) is 90.7 Å². The first-order chi connectivity index (χ1) is 50.6. The van der Waals surface area contributed by atoms with Crippen LogP contribution in [0.5, 0.6) is 0 Å². The van der Waals surface area contributed by atoms with E-state index < -0.39 is 0 Å². The first-order valence-electron chi connectivity index (χ1n) is 31.7. The summed E-state index contributed by atoms with van der Waals surface area (Å²) in [5, 5.41) is 36.5. The van der Waals surface area contributed by atoms with E-state index in [-0.39, 0.29) is 49.4 Å². The van der Waals surface area contributed by atoms with E-state index in [0.29, 0.717) is 116 Å². The van der Waals surface area contributed by atoms with Crippen molar-refractivity contribution in [1.82, 2.24) is 119 Å². The normalized spacial score (nSPS) is 11.9. The van der Waals surface area contributed by atoms with Crippen LogP contribution in [0.1, 0.15) is 22.3 Å². The van der Waals surface area contributed by atoms with Crippen LogP contribution >= 0.6 is 11.3 Å². The monoisotopic (exact) mass is 1400 g/mol. The molecule has 2 N–H and O–H groups in total. The molecule has 0 unspecified atom stereocenters. The highest BCUT2D eigenvalue weighted by molar-refractivity contribution is 7.13. The first-order valence-corrected chi connectivity index (χ1v) is 32.6. The lowest BCUT2D eigenvalue weighted by atomic mass is 10.2. The van der Waals surface area contributed by atoms with Crippen LogP contribution in [0.15, 0.2) is 236 Å². The third-order valence-electron chi connectivity index (χ3n) is 15.4. The Morgan fingerprint density at radius 1 is 0.437 bits per heavy atom. The van der Waals surface area contributed by atoms with E-state index in [0.717, 1.165) is 23.8 Å². The van der Waals surface area contributed by atoms with Gasteiger partial charge in [-0.3, -0.25) is 19.9 Å². The number of aromatic nitrogens is 24. The van der Waals surface area contributed by atoms with Crippen molar-refractivity contribution in [1.29, 1.82) is 0 Å². The number of ether oxygens (including phenoxy) is 1. The molecule has 12 aromatic heterocycles. The summed E-state index contributed by atoms with van der Waals surface area (Å²) in [5.74, 6) is 2.45. The molecule has 0 amide bonds. The Labute approximate surface area is 586 Å². The Morgan fingerprint density at radius 2 is 0.932 bits per heavy atom. The Balaban J connectivity index is 0.000000117. The maximum Gasteiger partial charge on any atom is 0.268 e. The minimum atomic E-state index is -0.312. The lowest BCUT2D eigenvalue weighted by Crippen LogP contribution is -2.36. The van der Waals surface area contributed by atoms with Gasteiger partial charge in [0.2, 0.25) is 17.5 Å². The molecule has 16 aromatic rings. The topological polar surface area (TPSA) is 313 Å². The maximum atomic E-state index is 14.2. The number of nitrogens with two attached hydrogens (primary N) is 1. The molecule has 1 saturated heterocycles. The maximum absolute atomic E-state index is 14.2. The van der Waals surface area contributed by atoms with E-state index in [9.17, 15) is 17.6 Å². The summed E-state index contributed by atoms with van der Waals surface area (Å²) in [7, 11) is 0. The highest BCUT2D eigenvalue weighted by Crippen LogP contribution is 2.29. The number of benzene rings is 4. The summed E-state index contributed by atoms with van der Waals surface area (Å²) in [6.07, 6.45) is 17.4. The van der Waals surface area contributed by atoms with Gasteiger partial charge in [0.05, 0.1) is 64.2 Å². The van der Waals surface area contributed by atoms with Crippen molar-refractivity contribution in [2.24, 2.45) is 0 Å². The molecule has 28 nitrogen and oxygen atoms in total. The second-order valence-electron chi connectivity index (χ2n) is 22.3. The van der Waals surface area contributed by atoms with Crippen molar-refractivity contribution in [3.63, 3.8) is 0 Å². The van der Waals surface area contributed by atoms with Crippen LogP contribution in [0.4, 0.5) is 28.9 Å². The Kier molecular flexibility index (Phi) is 20.4. The number of nitrogens with zero attached hydrogens (tertiary/aromatic N) is 25. The molecule has 0 aliphatic carbocycles. The van der Waals surface area contributed by atoms with Gasteiger partial charge in [0.15, 0.2) is 28.9 Å². The van der Waals surface area contributed by atoms with Crippen LogP contribution in [-0.4, -0.2) is 145 Å². The molecule has 0 saturated carbocycles.